The van der Waals surface area contributed by atoms with Gasteiger partial charge in [0, 0.05) is 12.1 Å². The van der Waals surface area contributed by atoms with E-state index < -0.39 is 0 Å². The molecule has 0 unspecified atom stereocenters. The Labute approximate surface area is 89.0 Å². The van der Waals surface area contributed by atoms with Crippen molar-refractivity contribution in [3.63, 3.8) is 0 Å². The fourth-order valence-corrected chi connectivity index (χ4v) is 1.65. The largest absolute Gasteiger partial charge is 0.242 e. The number of benzene rings is 1. The molecular weight excluding hydrogens is 249 g/mol. The maximum atomic E-state index is 13.3. The lowest BCUT2D eigenvalue weighted by molar-refractivity contribution is 0.528. The van der Waals surface area contributed by atoms with E-state index >= 15 is 0 Å². The Balaban J connectivity index is 2.74. The highest BCUT2D eigenvalue weighted by Gasteiger charge is 2.10. The molecule has 74 valence electrons. The van der Waals surface area contributed by atoms with E-state index in [2.05, 4.69) is 26.2 Å². The molecule has 0 N–H and O–H groups in total. The highest BCUT2D eigenvalue weighted by Crippen LogP contribution is 2.23. The Morgan fingerprint density at radius 1 is 1.43 bits per heavy atom. The zero-order valence-electron chi connectivity index (χ0n) is 7.83. The van der Waals surface area contributed by atoms with Crippen LogP contribution in [-0.2, 0) is 0 Å². The first-order valence-corrected chi connectivity index (χ1v) is 5.09. The fourth-order valence-electron chi connectivity index (χ4n) is 1.32. The normalized spacial score (nSPS) is 11.5. The molecule has 0 saturated heterocycles. The van der Waals surface area contributed by atoms with Gasteiger partial charge >= 0.3 is 0 Å². The molecule has 2 rings (SSSR count). The summed E-state index contributed by atoms with van der Waals surface area (Å²) in [5.41, 5.74) is 1.42. The van der Waals surface area contributed by atoms with Crippen LogP contribution in [0.3, 0.4) is 0 Å². The van der Waals surface area contributed by atoms with Crippen molar-refractivity contribution in [1.82, 2.24) is 15.0 Å². The highest BCUT2D eigenvalue weighted by atomic mass is 79.9. The molecule has 0 aliphatic rings. The number of rotatable bonds is 1. The van der Waals surface area contributed by atoms with Crippen LogP contribution in [0.5, 0.6) is 0 Å². The van der Waals surface area contributed by atoms with E-state index in [4.69, 9.17) is 0 Å². The predicted octanol–water partition coefficient (Wildman–Crippen LogP) is 2.91. The summed E-state index contributed by atoms with van der Waals surface area (Å²) in [6.07, 6.45) is 0. The summed E-state index contributed by atoms with van der Waals surface area (Å²) in [7, 11) is 0. The fraction of sp³-hybridized carbons (Fsp3) is 0.333. The summed E-state index contributed by atoms with van der Waals surface area (Å²) in [6, 6.07) is 3.26. The minimum Gasteiger partial charge on any atom is -0.242 e. The molecule has 0 fully saturated rings. The van der Waals surface area contributed by atoms with Crippen LogP contribution in [-0.4, -0.2) is 15.0 Å². The maximum Gasteiger partial charge on any atom is 0.139 e. The Morgan fingerprint density at radius 3 is 2.79 bits per heavy atom. The van der Waals surface area contributed by atoms with Crippen molar-refractivity contribution in [2.24, 2.45) is 0 Å². The van der Waals surface area contributed by atoms with Crippen molar-refractivity contribution in [1.29, 1.82) is 0 Å². The van der Waals surface area contributed by atoms with E-state index in [9.17, 15) is 4.39 Å². The quantitative estimate of drug-likeness (QED) is 0.787. The van der Waals surface area contributed by atoms with Crippen molar-refractivity contribution < 1.29 is 4.39 Å². The van der Waals surface area contributed by atoms with E-state index in [-0.39, 0.29) is 11.9 Å². The summed E-state index contributed by atoms with van der Waals surface area (Å²) < 4.78 is 15.4. The van der Waals surface area contributed by atoms with Gasteiger partial charge in [-0.25, -0.2) is 9.07 Å². The van der Waals surface area contributed by atoms with Crippen LogP contribution in [0, 0.1) is 5.82 Å². The Kier molecular flexibility index (Phi) is 2.26. The minimum absolute atomic E-state index is 0.181. The Hall–Kier alpha value is -0.970. The maximum absolute atomic E-state index is 13.3. The monoisotopic (exact) mass is 257 g/mol. The molecule has 0 spiro atoms. The van der Waals surface area contributed by atoms with Crippen LogP contribution in [0.1, 0.15) is 19.9 Å². The first-order valence-electron chi connectivity index (χ1n) is 4.29. The lowest BCUT2D eigenvalue weighted by Crippen LogP contribution is -2.02. The van der Waals surface area contributed by atoms with Gasteiger partial charge in [0.05, 0.1) is 9.99 Å². The smallest absolute Gasteiger partial charge is 0.139 e. The van der Waals surface area contributed by atoms with Gasteiger partial charge in [-0.05, 0) is 35.8 Å². The second kappa shape index (κ2) is 3.31. The second-order valence-corrected chi connectivity index (χ2v) is 4.24. The van der Waals surface area contributed by atoms with Gasteiger partial charge in [0.15, 0.2) is 0 Å². The second-order valence-electron chi connectivity index (χ2n) is 3.38. The number of hydrogen-bond acceptors (Lipinski definition) is 2. The predicted molar refractivity (Wildman–Crippen MR) is 55.6 cm³/mol. The van der Waals surface area contributed by atoms with Crippen molar-refractivity contribution in [3.8, 4) is 0 Å². The highest BCUT2D eigenvalue weighted by molar-refractivity contribution is 9.10. The van der Waals surface area contributed by atoms with E-state index in [0.29, 0.717) is 9.99 Å². The van der Waals surface area contributed by atoms with Crippen LogP contribution in [0.15, 0.2) is 16.6 Å². The number of fused-ring (bicyclic) bond motifs is 1. The third kappa shape index (κ3) is 1.41. The van der Waals surface area contributed by atoms with E-state index in [0.717, 1.165) is 5.52 Å². The average Bonchev–Trinajstić information content (AvgIpc) is 2.48. The molecular formula is C9H9BrFN3. The zero-order valence-corrected chi connectivity index (χ0v) is 9.42. The molecule has 14 heavy (non-hydrogen) atoms. The lowest BCUT2D eigenvalue weighted by atomic mass is 10.3. The van der Waals surface area contributed by atoms with Gasteiger partial charge in [0.1, 0.15) is 11.3 Å². The third-order valence-electron chi connectivity index (χ3n) is 2.00. The van der Waals surface area contributed by atoms with Gasteiger partial charge in [0.2, 0.25) is 0 Å². The van der Waals surface area contributed by atoms with Crippen molar-refractivity contribution in [3.05, 3.63) is 22.4 Å². The molecule has 0 aliphatic carbocycles. The molecule has 1 heterocycles. The van der Waals surface area contributed by atoms with Gasteiger partial charge in [-0.15, -0.1) is 5.10 Å². The van der Waals surface area contributed by atoms with Crippen LogP contribution in [0.2, 0.25) is 0 Å². The van der Waals surface area contributed by atoms with Gasteiger partial charge in [-0.1, -0.05) is 5.21 Å². The lowest BCUT2D eigenvalue weighted by Gasteiger charge is -2.05. The summed E-state index contributed by atoms with van der Waals surface area (Å²) in [4.78, 5) is 0. The summed E-state index contributed by atoms with van der Waals surface area (Å²) in [5, 5.41) is 7.91. The van der Waals surface area contributed by atoms with Crippen molar-refractivity contribution in [2.75, 3.05) is 0 Å². The van der Waals surface area contributed by atoms with E-state index in [1.807, 2.05) is 13.8 Å². The third-order valence-corrected chi connectivity index (χ3v) is 2.61. The molecule has 1 aromatic heterocycles. The Morgan fingerprint density at radius 2 is 2.14 bits per heavy atom. The van der Waals surface area contributed by atoms with Crippen LogP contribution >= 0.6 is 15.9 Å². The number of halogens is 2. The standard InChI is InChI=1S/C9H9BrFN3/c1-5(2)14-9-4-7(11)6(10)3-8(9)12-13-14/h3-5H,1-2H3. The Bertz CT molecular complexity index is 478. The molecule has 3 nitrogen and oxygen atoms in total. The topological polar surface area (TPSA) is 30.7 Å². The molecule has 0 atom stereocenters. The molecule has 0 amide bonds. The van der Waals surface area contributed by atoms with Gasteiger partial charge in [0.25, 0.3) is 0 Å². The molecule has 0 aliphatic heterocycles. The van der Waals surface area contributed by atoms with Crippen molar-refractivity contribution >= 4 is 27.0 Å². The van der Waals surface area contributed by atoms with Crippen molar-refractivity contribution in [2.45, 2.75) is 19.9 Å². The average molecular weight is 258 g/mol. The first kappa shape index (κ1) is 9.58. The number of aromatic nitrogens is 3. The van der Waals surface area contributed by atoms with E-state index in [1.54, 1.807) is 10.7 Å². The first-order chi connectivity index (χ1) is 6.59. The summed E-state index contributed by atoms with van der Waals surface area (Å²) in [6.45, 7) is 3.96. The van der Waals surface area contributed by atoms with E-state index in [1.165, 1.54) is 6.07 Å². The summed E-state index contributed by atoms with van der Waals surface area (Å²) >= 11 is 3.11. The zero-order chi connectivity index (χ0) is 10.3. The molecule has 0 bridgehead atoms. The number of nitrogens with zero attached hydrogens (tertiary/aromatic N) is 3. The molecule has 0 radical (unpaired) electrons. The molecule has 0 saturated carbocycles. The van der Waals surface area contributed by atoms with Crippen LogP contribution in [0.4, 0.5) is 4.39 Å². The molecule has 2 aromatic rings. The number of hydrogen-bond donors (Lipinski definition) is 0. The summed E-state index contributed by atoms with van der Waals surface area (Å²) in [5.74, 6) is -0.290. The van der Waals surface area contributed by atoms with Gasteiger partial charge < -0.3 is 0 Å². The van der Waals surface area contributed by atoms with Crippen LogP contribution in [0.25, 0.3) is 11.0 Å². The van der Waals surface area contributed by atoms with Gasteiger partial charge in [-0.2, -0.15) is 0 Å². The van der Waals surface area contributed by atoms with Gasteiger partial charge in [-0.3, -0.25) is 0 Å². The van der Waals surface area contributed by atoms with Crippen LogP contribution < -0.4 is 0 Å². The molecule has 1 aromatic carbocycles. The molecule has 5 heteroatoms. The minimum atomic E-state index is -0.290. The SMILES string of the molecule is CC(C)n1nnc2cc(Br)c(F)cc21.